The quantitative estimate of drug-likeness (QED) is 0.505. The van der Waals surface area contributed by atoms with Gasteiger partial charge in [-0.15, -0.1) is 9.05 Å². The van der Waals surface area contributed by atoms with E-state index >= 15 is 0 Å². The Labute approximate surface area is 109 Å². The monoisotopic (exact) mass is 256 g/mol. The molecule has 0 aliphatic rings. The van der Waals surface area contributed by atoms with Crippen molar-refractivity contribution in [2.75, 3.05) is 13.2 Å². The fourth-order valence-electron chi connectivity index (χ4n) is 0.211. The van der Waals surface area contributed by atoms with Gasteiger partial charge in [-0.1, -0.05) is 0 Å². The summed E-state index contributed by atoms with van der Waals surface area (Å²) in [5.74, 6) is 0. The molecule has 2 unspecified atom stereocenters. The van der Waals surface area contributed by atoms with Crippen molar-refractivity contribution in [1.82, 2.24) is 0 Å². The zero-order chi connectivity index (χ0) is 9.98. The molecule has 0 saturated carbocycles. The normalized spacial score (nSPS) is 10.5. The van der Waals surface area contributed by atoms with Crippen molar-refractivity contribution in [3.63, 3.8) is 0 Å². The van der Waals surface area contributed by atoms with Crippen LogP contribution in [-0.2, 0) is 18.2 Å². The van der Waals surface area contributed by atoms with Crippen molar-refractivity contribution < 1.29 is 28.0 Å². The molecule has 13 heavy (non-hydrogen) atoms. The second-order valence-corrected chi connectivity index (χ2v) is 2.69. The van der Waals surface area contributed by atoms with E-state index in [0.29, 0.717) is 0 Å². The minimum Gasteiger partial charge on any atom is -0.566 e. The van der Waals surface area contributed by atoms with E-state index in [1.54, 1.807) is 13.8 Å². The van der Waals surface area contributed by atoms with Crippen molar-refractivity contribution in [1.29, 1.82) is 0 Å². The van der Waals surface area contributed by atoms with Crippen LogP contribution in [-0.4, -0.2) is 51.0 Å². The van der Waals surface area contributed by atoms with Crippen LogP contribution in [0.15, 0.2) is 0 Å². The van der Waals surface area contributed by atoms with Gasteiger partial charge >= 0.3 is 54.2 Å². The minimum absolute atomic E-state index is 0. The molecule has 2 atom stereocenters. The van der Waals surface area contributed by atoms with Gasteiger partial charge in [0, 0.05) is 0 Å². The molecular weight excluding hydrogens is 246 g/mol. The smallest absolute Gasteiger partial charge is 0.566 e. The van der Waals surface area contributed by atoms with Gasteiger partial charge in [-0.2, -0.15) is 0 Å². The number of rotatable bonds is 4. The summed E-state index contributed by atoms with van der Waals surface area (Å²) in [6, 6.07) is 0. The van der Waals surface area contributed by atoms with Crippen molar-refractivity contribution in [3.8, 4) is 0 Å². The van der Waals surface area contributed by atoms with Crippen molar-refractivity contribution in [3.05, 3.63) is 0 Å². The van der Waals surface area contributed by atoms with Crippen LogP contribution in [0.25, 0.3) is 0 Å². The summed E-state index contributed by atoms with van der Waals surface area (Å²) in [6.07, 6.45) is 0. The Morgan fingerprint density at radius 2 is 1.23 bits per heavy atom. The van der Waals surface area contributed by atoms with E-state index in [4.69, 9.17) is 0 Å². The van der Waals surface area contributed by atoms with Gasteiger partial charge < -0.3 is 9.79 Å². The van der Waals surface area contributed by atoms with Crippen LogP contribution < -0.4 is 9.79 Å². The van der Waals surface area contributed by atoms with Crippen LogP contribution >= 0.6 is 16.5 Å². The van der Waals surface area contributed by atoms with Gasteiger partial charge in [0.05, 0.1) is 13.2 Å². The van der Waals surface area contributed by atoms with Crippen LogP contribution in [0.2, 0.25) is 0 Å². The van der Waals surface area contributed by atoms with Crippen LogP contribution in [0, 0.1) is 0 Å². The van der Waals surface area contributed by atoms with Gasteiger partial charge in [-0.3, -0.25) is 0 Å². The average Bonchev–Trinajstić information content (AvgIpc) is 1.87. The third kappa shape index (κ3) is 31.9. The maximum Gasteiger partial charge on any atom is 2.00 e. The predicted octanol–water partition coefficient (Wildman–Crippen LogP) is -0.300. The summed E-state index contributed by atoms with van der Waals surface area (Å²) < 4.78 is 26.8. The summed E-state index contributed by atoms with van der Waals surface area (Å²) in [5, 5.41) is 0. The van der Waals surface area contributed by atoms with E-state index in [-0.39, 0.29) is 51.0 Å². The first-order valence-corrected chi connectivity index (χ1v) is 5.28. The maximum absolute atomic E-state index is 9.41. The summed E-state index contributed by atoms with van der Waals surface area (Å²) >= 11 is 0. The molecule has 0 aliphatic heterocycles. The molecule has 0 aromatic heterocycles. The Kier molecular flexibility index (Phi) is 24.0. The molecule has 72 valence electrons. The van der Waals surface area contributed by atoms with Gasteiger partial charge in [-0.25, -0.2) is 0 Å². The minimum atomic E-state index is -2.60. The van der Waals surface area contributed by atoms with Crippen molar-refractivity contribution >= 4 is 54.2 Å². The Hall–Kier alpha value is 1.30. The van der Waals surface area contributed by atoms with E-state index in [1.807, 2.05) is 0 Å². The third-order valence-electron chi connectivity index (χ3n) is 0.469. The molecule has 6 nitrogen and oxygen atoms in total. The van der Waals surface area contributed by atoms with E-state index in [0.717, 1.165) is 0 Å². The second-order valence-electron chi connectivity index (χ2n) is 1.28. The molecule has 0 bridgehead atoms. The zero-order valence-electron chi connectivity index (χ0n) is 7.47. The third-order valence-corrected chi connectivity index (χ3v) is 1.41. The summed E-state index contributed by atoms with van der Waals surface area (Å²) in [5.41, 5.74) is 0. The molecule has 0 spiro atoms. The van der Waals surface area contributed by atoms with E-state index < -0.39 is 16.5 Å². The van der Waals surface area contributed by atoms with E-state index in [2.05, 4.69) is 9.05 Å². The topological polar surface area (TPSA) is 98.7 Å². The fraction of sp³-hybridized carbons (Fsp3) is 1.00. The molecule has 0 rings (SSSR count). The molecule has 0 heterocycles. The molecule has 9 heteroatoms. The molecule has 0 aromatic carbocycles. The number of hydrogen-bond acceptors (Lipinski definition) is 6. The van der Waals surface area contributed by atoms with Gasteiger partial charge in [0.15, 0.2) is 0 Å². The Bertz CT molecular complexity index is 127. The van der Waals surface area contributed by atoms with Gasteiger partial charge in [0.1, 0.15) is 0 Å². The van der Waals surface area contributed by atoms with Crippen LogP contribution in [0.1, 0.15) is 13.8 Å². The first-order chi connectivity index (χ1) is 5.54. The van der Waals surface area contributed by atoms with Crippen LogP contribution in [0.5, 0.6) is 0 Å². The summed E-state index contributed by atoms with van der Waals surface area (Å²) in [4.78, 5) is 18.8. The first-order valence-electron chi connectivity index (χ1n) is 3.09. The summed E-state index contributed by atoms with van der Waals surface area (Å²) in [6.45, 7) is 3.70. The van der Waals surface area contributed by atoms with E-state index in [1.165, 1.54) is 0 Å². The van der Waals surface area contributed by atoms with Crippen LogP contribution in [0.4, 0.5) is 0 Å². The molecule has 0 amide bonds. The number of hydrogen-bond donors (Lipinski definition) is 0. The molecule has 0 saturated heterocycles. The van der Waals surface area contributed by atoms with Gasteiger partial charge in [0.25, 0.3) is 0 Å². The average molecular weight is 256 g/mol. The van der Waals surface area contributed by atoms with Crippen molar-refractivity contribution in [2.45, 2.75) is 13.8 Å². The SMILES string of the molecule is CCO[P+](=O)[O-].CCO[P+](=O)[O-].[Ca+2]. The van der Waals surface area contributed by atoms with Gasteiger partial charge in [-0.05, 0) is 23.0 Å². The molecular formula is C4H10CaO6P2+2. The van der Waals surface area contributed by atoms with Crippen LogP contribution in [0.3, 0.4) is 0 Å². The zero-order valence-corrected chi connectivity index (χ0v) is 11.5. The maximum atomic E-state index is 9.41. The first kappa shape index (κ1) is 19.8. The molecule has 0 aliphatic carbocycles. The van der Waals surface area contributed by atoms with Crippen molar-refractivity contribution in [2.24, 2.45) is 0 Å². The predicted molar refractivity (Wildman–Crippen MR) is 44.2 cm³/mol. The fourth-order valence-corrected chi connectivity index (χ4v) is 0.632. The molecule has 0 fully saturated rings. The molecule has 0 radical (unpaired) electrons. The largest absolute Gasteiger partial charge is 2.00 e. The Morgan fingerprint density at radius 1 is 1.00 bits per heavy atom. The molecule has 0 aromatic rings. The standard InChI is InChI=1S/2C2H5O3P.Ca/c2*1-2-5-6(3)4;/h2*2H2,1H3;/q;;+2. The molecule has 0 N–H and O–H groups in total. The van der Waals surface area contributed by atoms with E-state index in [9.17, 15) is 18.9 Å². The Balaban J connectivity index is -0.000000143. The summed E-state index contributed by atoms with van der Waals surface area (Å²) in [7, 11) is -5.20. The van der Waals surface area contributed by atoms with Gasteiger partial charge in [0.2, 0.25) is 0 Å². The Morgan fingerprint density at radius 3 is 1.23 bits per heavy atom. The second kappa shape index (κ2) is 15.8.